The second-order valence-corrected chi connectivity index (χ2v) is 18.2. The van der Waals surface area contributed by atoms with Gasteiger partial charge in [0.15, 0.2) is 0 Å². The Morgan fingerprint density at radius 3 is 1.71 bits per heavy atom. The molecule has 350 valence electrons. The van der Waals surface area contributed by atoms with E-state index in [0.717, 1.165) is 48.6 Å². The summed E-state index contributed by atoms with van der Waals surface area (Å²) in [5.41, 5.74) is 19.0. The Morgan fingerprint density at radius 2 is 1.16 bits per heavy atom. The van der Waals surface area contributed by atoms with E-state index in [1.54, 1.807) is 0 Å². The number of fused-ring (bicyclic) bond motifs is 1. The number of urea groups is 2. The Morgan fingerprint density at radius 1 is 0.629 bits per heavy atom. The Bertz CT molecular complexity index is 1640. The molecule has 11 N–H and O–H groups in total. The van der Waals surface area contributed by atoms with Crippen molar-refractivity contribution in [3.05, 3.63) is 36.0 Å². The van der Waals surface area contributed by atoms with Crippen molar-refractivity contribution < 1.29 is 28.8 Å². The molecule has 14 nitrogen and oxygen atoms in total. The van der Waals surface area contributed by atoms with Crippen LogP contribution in [-0.4, -0.2) is 78.6 Å². The Labute approximate surface area is 371 Å². The van der Waals surface area contributed by atoms with E-state index in [1.165, 1.54) is 0 Å². The number of nitrogens with two attached hydrogens (primary N) is 3. The molecule has 0 radical (unpaired) electrons. The molecule has 1 aromatic heterocycles. The monoisotopic (exact) mass is 867 g/mol. The number of benzene rings is 1. The molecule has 2 rings (SSSR count). The van der Waals surface area contributed by atoms with Crippen LogP contribution in [0.1, 0.15) is 149 Å². The van der Waals surface area contributed by atoms with Crippen LogP contribution in [0.4, 0.5) is 9.59 Å². The molecule has 0 aliphatic rings. The third-order valence-corrected chi connectivity index (χ3v) is 12.2. The molecular formula is C48H82N8O6. The smallest absolute Gasteiger partial charge is 0.315 e. The highest BCUT2D eigenvalue weighted by Crippen LogP contribution is 2.25. The highest BCUT2D eigenvalue weighted by molar-refractivity contribution is 5.84. The highest BCUT2D eigenvalue weighted by Gasteiger charge is 2.24. The summed E-state index contributed by atoms with van der Waals surface area (Å²) in [5, 5.41) is 13.3. The van der Waals surface area contributed by atoms with Gasteiger partial charge in [-0.1, -0.05) is 65.7 Å². The molecule has 0 fully saturated rings. The molecule has 0 unspecified atom stereocenters. The molecule has 0 aliphatic carbocycles. The molecule has 0 saturated heterocycles. The van der Waals surface area contributed by atoms with Crippen LogP contribution in [0, 0.1) is 29.6 Å². The minimum absolute atomic E-state index is 0.0438. The summed E-state index contributed by atoms with van der Waals surface area (Å²) in [7, 11) is 0. The van der Waals surface area contributed by atoms with Gasteiger partial charge in [-0.25, -0.2) is 9.59 Å². The first-order valence-corrected chi connectivity index (χ1v) is 23.5. The van der Waals surface area contributed by atoms with Gasteiger partial charge in [0.1, 0.15) is 17.3 Å². The zero-order valence-corrected chi connectivity index (χ0v) is 38.7. The number of hydrogen-bond donors (Lipinski definition) is 8. The SMILES string of the molecule is CCCC(=O)C[C@H](CNC(=O)N[C@@H](CCCCN)CCC(=O)C[C@H](CNC(=O)N[C@@H](CCCCN)CCC(=O)C[C@H](CCC(N)=O)C(C)C)Cc1c[nH]c2ccccc12)C(C)C. The molecule has 62 heavy (non-hydrogen) atoms. The van der Waals surface area contributed by atoms with E-state index in [-0.39, 0.29) is 103 Å². The zero-order valence-electron chi connectivity index (χ0n) is 38.7. The number of unbranched alkanes of at least 4 members (excludes halogenated alkanes) is 2. The van der Waals surface area contributed by atoms with E-state index in [4.69, 9.17) is 17.2 Å². The molecule has 5 atom stereocenters. The first-order chi connectivity index (χ1) is 29.6. The number of aromatic nitrogens is 1. The van der Waals surface area contributed by atoms with Crippen molar-refractivity contribution in [2.75, 3.05) is 26.2 Å². The minimum Gasteiger partial charge on any atom is -0.370 e. The maximum atomic E-state index is 13.7. The molecule has 1 aromatic carbocycles. The van der Waals surface area contributed by atoms with Gasteiger partial charge in [-0.3, -0.25) is 19.2 Å². The van der Waals surface area contributed by atoms with Crippen LogP contribution in [0.15, 0.2) is 30.5 Å². The molecule has 14 heteroatoms. The number of rotatable bonds is 35. The van der Waals surface area contributed by atoms with Crippen molar-refractivity contribution in [1.82, 2.24) is 26.3 Å². The second kappa shape index (κ2) is 30.7. The van der Waals surface area contributed by atoms with Crippen LogP contribution in [0.3, 0.4) is 0 Å². The first-order valence-electron chi connectivity index (χ1n) is 23.5. The molecule has 1 heterocycles. The van der Waals surface area contributed by atoms with Gasteiger partial charge in [-0.2, -0.15) is 0 Å². The fourth-order valence-corrected chi connectivity index (χ4v) is 8.11. The number of carbonyl (C=O) groups excluding carboxylic acids is 6. The van der Waals surface area contributed by atoms with Crippen LogP contribution in [0.5, 0.6) is 0 Å². The van der Waals surface area contributed by atoms with E-state index < -0.39 is 0 Å². The lowest BCUT2D eigenvalue weighted by molar-refractivity contribution is -0.122. The first kappa shape index (κ1) is 53.8. The standard InChI is InChI=1S/C48H82N8O6/c1-6-13-41(57)29-37(34(4)5)31-54-48(62)56-39(14-9-11-24-49)19-21-42(58)27-35(26-38-32-52-45-17-8-7-16-44(38)45)30-53-47(61)55-40(15-10-12-25-50)20-22-43(59)28-36(33(2)3)18-23-46(51)60/h7-8,16-17,32-37,39-40,52H,6,9-15,18-31,49-50H2,1-5H3,(H2,51,60)(H2,53,55,61)(H2,54,56,62)/t35-,36+,37-,39+,40+/m1/s1. The lowest BCUT2D eigenvalue weighted by Crippen LogP contribution is -2.45. The van der Waals surface area contributed by atoms with Crippen molar-refractivity contribution in [1.29, 1.82) is 0 Å². The highest BCUT2D eigenvalue weighted by atomic mass is 16.2. The van der Waals surface area contributed by atoms with Crippen LogP contribution in [0.2, 0.25) is 0 Å². The van der Waals surface area contributed by atoms with E-state index in [1.807, 2.05) is 51.2 Å². The second-order valence-electron chi connectivity index (χ2n) is 18.2. The van der Waals surface area contributed by atoms with Gasteiger partial charge >= 0.3 is 12.1 Å². The Kier molecular flexibility index (Phi) is 26.7. The predicted octanol–water partition coefficient (Wildman–Crippen LogP) is 6.97. The predicted molar refractivity (Wildman–Crippen MR) is 249 cm³/mol. The summed E-state index contributed by atoms with van der Waals surface area (Å²) < 4.78 is 0. The van der Waals surface area contributed by atoms with Gasteiger partial charge in [0.25, 0.3) is 0 Å². The maximum Gasteiger partial charge on any atom is 0.315 e. The van der Waals surface area contributed by atoms with Crippen LogP contribution < -0.4 is 38.5 Å². The lowest BCUT2D eigenvalue weighted by Gasteiger charge is -2.23. The van der Waals surface area contributed by atoms with Gasteiger partial charge in [-0.05, 0) is 112 Å². The van der Waals surface area contributed by atoms with E-state index >= 15 is 0 Å². The summed E-state index contributed by atoms with van der Waals surface area (Å²) in [6.07, 6.45) is 11.9. The third kappa shape index (κ3) is 22.7. The summed E-state index contributed by atoms with van der Waals surface area (Å²) in [5.74, 6) is 0.376. The lowest BCUT2D eigenvalue weighted by atomic mass is 9.85. The van der Waals surface area contributed by atoms with E-state index in [0.29, 0.717) is 83.8 Å². The number of primary amides is 1. The number of hydrogen-bond acceptors (Lipinski definition) is 8. The molecule has 5 amide bonds. The molecule has 0 spiro atoms. The average molecular weight is 867 g/mol. The number of ketones is 3. The van der Waals surface area contributed by atoms with Crippen molar-refractivity contribution in [2.24, 2.45) is 46.8 Å². The molecular weight excluding hydrogens is 785 g/mol. The van der Waals surface area contributed by atoms with Gasteiger partial charge < -0.3 is 43.5 Å². The quantitative estimate of drug-likeness (QED) is 0.0336. The average Bonchev–Trinajstić information content (AvgIpc) is 3.63. The number of carbonyl (C=O) groups is 6. The van der Waals surface area contributed by atoms with E-state index in [2.05, 4.69) is 40.1 Å². The van der Waals surface area contributed by atoms with Crippen LogP contribution in [-0.2, 0) is 25.6 Å². The van der Waals surface area contributed by atoms with Crippen molar-refractivity contribution in [2.45, 2.75) is 162 Å². The topological polar surface area (TPSA) is 244 Å². The van der Waals surface area contributed by atoms with Gasteiger partial charge in [-0.15, -0.1) is 0 Å². The van der Waals surface area contributed by atoms with Gasteiger partial charge in [0.05, 0.1) is 0 Å². The summed E-state index contributed by atoms with van der Waals surface area (Å²) in [4.78, 5) is 80.5. The summed E-state index contributed by atoms with van der Waals surface area (Å²) >= 11 is 0. The van der Waals surface area contributed by atoms with E-state index in [9.17, 15) is 28.8 Å². The number of amides is 5. The van der Waals surface area contributed by atoms with Crippen LogP contribution in [0.25, 0.3) is 10.9 Å². The third-order valence-electron chi connectivity index (χ3n) is 12.2. The fourth-order valence-electron chi connectivity index (χ4n) is 8.11. The zero-order chi connectivity index (χ0) is 45.9. The fraction of sp³-hybridized carbons (Fsp3) is 0.708. The molecule has 0 saturated carbocycles. The van der Waals surface area contributed by atoms with Gasteiger partial charge in [0.2, 0.25) is 5.91 Å². The van der Waals surface area contributed by atoms with Gasteiger partial charge in [0, 0.05) is 87.2 Å². The maximum absolute atomic E-state index is 13.7. The number of nitrogens with one attached hydrogen (secondary N) is 5. The normalized spacial score (nSPS) is 14.0. The number of H-pyrrole nitrogens is 1. The molecule has 0 aliphatic heterocycles. The number of para-hydroxylation sites is 1. The summed E-state index contributed by atoms with van der Waals surface area (Å²) in [6.45, 7) is 11.9. The molecule has 2 aromatic rings. The number of aromatic amines is 1. The largest absolute Gasteiger partial charge is 0.370 e. The van der Waals surface area contributed by atoms with Crippen molar-refractivity contribution in [3.63, 3.8) is 0 Å². The summed E-state index contributed by atoms with van der Waals surface area (Å²) in [6, 6.07) is 6.89. The Hall–Kier alpha value is -4.30. The Balaban J connectivity index is 2.10. The van der Waals surface area contributed by atoms with Crippen molar-refractivity contribution in [3.8, 4) is 0 Å². The van der Waals surface area contributed by atoms with Crippen molar-refractivity contribution >= 4 is 46.2 Å². The molecule has 0 bridgehead atoms. The number of Topliss-reactive ketones (excluding diaryl/α,β-unsaturated/α-hetero) is 3. The minimum atomic E-state index is -0.368. The van der Waals surface area contributed by atoms with Crippen LogP contribution >= 0.6 is 0 Å².